The van der Waals surface area contributed by atoms with E-state index in [-0.39, 0.29) is 0 Å². The highest BCUT2D eigenvalue weighted by molar-refractivity contribution is 7.09. The first-order valence-corrected chi connectivity index (χ1v) is 9.12. The largest absolute Gasteiger partial charge is 0.368 e. The van der Waals surface area contributed by atoms with Crippen LogP contribution in [0.3, 0.4) is 0 Å². The highest BCUT2D eigenvalue weighted by Gasteiger charge is 2.07. The Morgan fingerprint density at radius 3 is 2.81 bits per heavy atom. The summed E-state index contributed by atoms with van der Waals surface area (Å²) in [5.74, 6) is 1.34. The van der Waals surface area contributed by atoms with Gasteiger partial charge in [-0.05, 0) is 47.9 Å². The summed E-state index contributed by atoms with van der Waals surface area (Å²) in [5.41, 5.74) is 2.54. The number of hydrogen-bond acceptors (Lipinski definition) is 8. The summed E-state index contributed by atoms with van der Waals surface area (Å²) >= 11 is 1.36. The lowest BCUT2D eigenvalue weighted by Gasteiger charge is -2.05. The molecular weight excluding hydrogens is 358 g/mol. The van der Waals surface area contributed by atoms with Crippen LogP contribution < -0.4 is 10.6 Å². The monoisotopic (exact) mass is 373 g/mol. The number of rotatable bonds is 6. The number of nitrogens with one attached hydrogen (secondary N) is 2. The first kappa shape index (κ1) is 16.9. The third-order valence-corrected chi connectivity index (χ3v) is 4.65. The fourth-order valence-corrected chi connectivity index (χ4v) is 3.19. The van der Waals surface area contributed by atoms with Crippen molar-refractivity contribution in [3.63, 3.8) is 0 Å². The average molecular weight is 373 g/mol. The van der Waals surface area contributed by atoms with E-state index in [1.165, 1.54) is 11.5 Å². The van der Waals surface area contributed by atoms with E-state index in [4.69, 9.17) is 5.26 Å². The Balaban J connectivity index is 1.34. The average Bonchev–Trinajstić information content (AvgIpc) is 3.20. The van der Waals surface area contributed by atoms with Crippen LogP contribution in [0.2, 0.25) is 0 Å². The number of benzene rings is 1. The predicted molar refractivity (Wildman–Crippen MR) is 107 cm³/mol. The first-order valence-electron chi connectivity index (χ1n) is 8.34. The summed E-state index contributed by atoms with van der Waals surface area (Å²) in [4.78, 5) is 13.1. The first-order chi connectivity index (χ1) is 13.3. The lowest BCUT2D eigenvalue weighted by molar-refractivity contribution is 1.04. The van der Waals surface area contributed by atoms with Crippen molar-refractivity contribution in [2.75, 3.05) is 23.7 Å². The summed E-state index contributed by atoms with van der Waals surface area (Å²) in [7, 11) is 0. The third kappa shape index (κ3) is 3.99. The summed E-state index contributed by atoms with van der Waals surface area (Å²) in [6.45, 7) is 1.31. The molecule has 0 fully saturated rings. The minimum Gasteiger partial charge on any atom is -0.368 e. The van der Waals surface area contributed by atoms with E-state index in [0.29, 0.717) is 24.6 Å². The quantitative estimate of drug-likeness (QED) is 0.499. The zero-order valence-corrected chi connectivity index (χ0v) is 15.1. The molecule has 0 amide bonds. The normalized spacial score (nSPS) is 10.5. The van der Waals surface area contributed by atoms with E-state index in [1.807, 2.05) is 30.3 Å². The molecule has 0 saturated heterocycles. The Hall–Kier alpha value is -3.57. The van der Waals surface area contributed by atoms with E-state index in [2.05, 4.69) is 36.0 Å². The molecule has 3 aromatic heterocycles. The molecule has 7 nitrogen and oxygen atoms in total. The van der Waals surface area contributed by atoms with Crippen LogP contribution in [0, 0.1) is 11.3 Å². The van der Waals surface area contributed by atoms with Gasteiger partial charge in [-0.2, -0.15) is 14.6 Å². The van der Waals surface area contributed by atoms with Gasteiger partial charge in [-0.15, -0.1) is 0 Å². The maximum atomic E-state index is 8.77. The van der Waals surface area contributed by atoms with E-state index >= 15 is 0 Å². The van der Waals surface area contributed by atoms with Crippen LogP contribution in [-0.4, -0.2) is 32.4 Å². The second-order valence-corrected chi connectivity index (χ2v) is 6.48. The van der Waals surface area contributed by atoms with Gasteiger partial charge in [-0.1, -0.05) is 6.07 Å². The van der Waals surface area contributed by atoms with Gasteiger partial charge in [0.15, 0.2) is 0 Å². The third-order valence-electron chi connectivity index (χ3n) is 3.88. The molecular formula is C19H15N7S. The van der Waals surface area contributed by atoms with Crippen LogP contribution in [0.15, 0.2) is 54.9 Å². The van der Waals surface area contributed by atoms with Gasteiger partial charge in [0.1, 0.15) is 16.9 Å². The molecule has 132 valence electrons. The van der Waals surface area contributed by atoms with Gasteiger partial charge >= 0.3 is 0 Å². The molecule has 0 unspecified atom stereocenters. The van der Waals surface area contributed by atoms with Crippen LogP contribution in [0.25, 0.3) is 21.5 Å². The van der Waals surface area contributed by atoms with Gasteiger partial charge in [0.05, 0.1) is 11.1 Å². The van der Waals surface area contributed by atoms with Crippen LogP contribution >= 0.6 is 11.5 Å². The number of fused-ring (bicyclic) bond motifs is 1. The van der Waals surface area contributed by atoms with Crippen LogP contribution in [0.5, 0.6) is 0 Å². The summed E-state index contributed by atoms with van der Waals surface area (Å²) in [5, 5.41) is 17.1. The van der Waals surface area contributed by atoms with E-state index in [9.17, 15) is 0 Å². The molecule has 0 aliphatic carbocycles. The van der Waals surface area contributed by atoms with Crippen molar-refractivity contribution in [1.82, 2.24) is 19.3 Å². The number of nitriles is 1. The Labute approximate surface area is 159 Å². The molecule has 0 aliphatic rings. The van der Waals surface area contributed by atoms with E-state index < -0.39 is 0 Å². The number of hydrogen-bond donors (Lipinski definition) is 2. The fourth-order valence-electron chi connectivity index (χ4n) is 2.55. The molecule has 0 atom stereocenters. The van der Waals surface area contributed by atoms with Gasteiger partial charge in [0, 0.05) is 36.4 Å². The minimum atomic E-state index is 0.544. The molecule has 1 aromatic carbocycles. The molecule has 0 radical (unpaired) electrons. The second kappa shape index (κ2) is 7.76. The van der Waals surface area contributed by atoms with Gasteiger partial charge in [0.25, 0.3) is 0 Å². The zero-order valence-electron chi connectivity index (χ0n) is 14.3. The summed E-state index contributed by atoms with van der Waals surface area (Å²) in [6, 6.07) is 15.6. The standard InChI is InChI=1S/C19H15N7S/c20-11-13-3-6-17(24-12-13)22-8-9-23-19-25-18(27-26-19)15-4-5-16-14(10-15)2-1-7-21-16/h1-7,10,12H,8-9H2,(H,22,24)(H,23,26). The molecule has 0 spiro atoms. The van der Waals surface area contributed by atoms with Crippen molar-refractivity contribution in [2.45, 2.75) is 0 Å². The molecule has 27 heavy (non-hydrogen) atoms. The Morgan fingerprint density at radius 2 is 1.96 bits per heavy atom. The number of aromatic nitrogens is 4. The molecule has 3 heterocycles. The molecule has 0 aliphatic heterocycles. The van der Waals surface area contributed by atoms with Crippen molar-refractivity contribution in [2.24, 2.45) is 0 Å². The molecule has 0 bridgehead atoms. The highest BCUT2D eigenvalue weighted by atomic mass is 32.1. The van der Waals surface area contributed by atoms with Crippen molar-refractivity contribution >= 4 is 34.2 Å². The summed E-state index contributed by atoms with van der Waals surface area (Å²) in [6.07, 6.45) is 3.33. The molecule has 2 N–H and O–H groups in total. The predicted octanol–water partition coefficient (Wildman–Crippen LogP) is 3.54. The fraction of sp³-hybridized carbons (Fsp3) is 0.105. The van der Waals surface area contributed by atoms with Crippen molar-refractivity contribution in [1.29, 1.82) is 5.26 Å². The lowest BCUT2D eigenvalue weighted by atomic mass is 10.1. The number of anilines is 2. The SMILES string of the molecule is N#Cc1ccc(NCCNc2nsc(-c3ccc4ncccc4c3)n2)nc1. The van der Waals surface area contributed by atoms with Crippen LogP contribution in [0.1, 0.15) is 5.56 Å². The molecule has 0 saturated carbocycles. The van der Waals surface area contributed by atoms with Crippen molar-refractivity contribution in [3.8, 4) is 16.6 Å². The maximum absolute atomic E-state index is 8.77. The Bertz CT molecular complexity index is 1100. The Kier molecular flexibility index (Phi) is 4.85. The molecule has 4 rings (SSSR count). The number of pyridine rings is 2. The smallest absolute Gasteiger partial charge is 0.235 e. The molecule has 4 aromatic rings. The Morgan fingerprint density at radius 1 is 1.04 bits per heavy atom. The maximum Gasteiger partial charge on any atom is 0.235 e. The van der Waals surface area contributed by atoms with E-state index in [0.717, 1.165) is 27.3 Å². The van der Waals surface area contributed by atoms with Gasteiger partial charge in [0.2, 0.25) is 5.95 Å². The van der Waals surface area contributed by atoms with Crippen LogP contribution in [0.4, 0.5) is 11.8 Å². The van der Waals surface area contributed by atoms with Gasteiger partial charge in [-0.3, -0.25) is 4.98 Å². The van der Waals surface area contributed by atoms with E-state index in [1.54, 1.807) is 24.5 Å². The lowest BCUT2D eigenvalue weighted by Crippen LogP contribution is -2.14. The topological polar surface area (TPSA) is 99.4 Å². The highest BCUT2D eigenvalue weighted by Crippen LogP contribution is 2.26. The minimum absolute atomic E-state index is 0.544. The number of nitrogens with zero attached hydrogens (tertiary/aromatic N) is 5. The zero-order chi connectivity index (χ0) is 18.5. The van der Waals surface area contributed by atoms with Gasteiger partial charge in [-0.25, -0.2) is 4.98 Å². The van der Waals surface area contributed by atoms with Crippen molar-refractivity contribution in [3.05, 3.63) is 60.4 Å². The van der Waals surface area contributed by atoms with Crippen LogP contribution in [-0.2, 0) is 0 Å². The van der Waals surface area contributed by atoms with Gasteiger partial charge < -0.3 is 10.6 Å². The molecule has 8 heteroatoms. The van der Waals surface area contributed by atoms with Crippen molar-refractivity contribution < 1.29 is 0 Å². The summed E-state index contributed by atoms with van der Waals surface area (Å²) < 4.78 is 4.36. The second-order valence-electron chi connectivity index (χ2n) is 5.73.